The van der Waals surface area contributed by atoms with Crippen molar-refractivity contribution in [2.24, 2.45) is 0 Å². The van der Waals surface area contributed by atoms with E-state index in [1.165, 1.54) is 6.42 Å². The minimum absolute atomic E-state index is 0.181. The maximum atomic E-state index is 13.0. The molecule has 3 rings (SSSR count). The van der Waals surface area contributed by atoms with Gasteiger partial charge >= 0.3 is 0 Å². The number of hydrogen-bond acceptors (Lipinski definition) is 3. The molecule has 1 amide bonds. The Labute approximate surface area is 141 Å². The van der Waals surface area contributed by atoms with Gasteiger partial charge in [0, 0.05) is 36.4 Å². The molecule has 23 heavy (non-hydrogen) atoms. The number of rotatable bonds is 5. The lowest BCUT2D eigenvalue weighted by Crippen LogP contribution is -2.44. The summed E-state index contributed by atoms with van der Waals surface area (Å²) < 4.78 is 1.95. The molecule has 1 fully saturated rings. The van der Waals surface area contributed by atoms with Gasteiger partial charge in [0.05, 0.1) is 5.56 Å². The standard InChI is InChI=1S/C18H23N3OS/c1-23-17-9-3-2-8-16(17)18(22)21-13-5-4-7-15(21)10-14-20-12-6-11-19-20/h2-3,6,8-9,11-12,15H,4-5,7,10,13-14H2,1H3/t15-/m1/s1. The van der Waals surface area contributed by atoms with Crippen LogP contribution >= 0.6 is 11.8 Å². The molecule has 2 heterocycles. The first kappa shape index (κ1) is 16.1. The van der Waals surface area contributed by atoms with Crippen molar-refractivity contribution in [3.63, 3.8) is 0 Å². The van der Waals surface area contributed by atoms with E-state index in [-0.39, 0.29) is 5.91 Å². The van der Waals surface area contributed by atoms with Crippen LogP contribution in [-0.2, 0) is 6.54 Å². The maximum Gasteiger partial charge on any atom is 0.255 e. The normalized spacial score (nSPS) is 18.1. The molecule has 0 spiro atoms. The molecule has 5 heteroatoms. The first-order valence-corrected chi connectivity index (χ1v) is 9.43. The first-order valence-electron chi connectivity index (χ1n) is 8.21. The van der Waals surface area contributed by atoms with Gasteiger partial charge in [-0.1, -0.05) is 12.1 Å². The van der Waals surface area contributed by atoms with Crippen molar-refractivity contribution in [1.29, 1.82) is 0 Å². The molecule has 1 saturated heterocycles. The summed E-state index contributed by atoms with van der Waals surface area (Å²) in [4.78, 5) is 16.2. The number of carbonyl (C=O) groups is 1. The fraction of sp³-hybridized carbons (Fsp3) is 0.444. The molecule has 2 aromatic rings. The van der Waals surface area contributed by atoms with Crippen LogP contribution in [0.25, 0.3) is 0 Å². The molecule has 1 aliphatic heterocycles. The van der Waals surface area contributed by atoms with Crippen LogP contribution in [0.15, 0.2) is 47.6 Å². The van der Waals surface area contributed by atoms with E-state index >= 15 is 0 Å². The molecule has 0 N–H and O–H groups in total. The Morgan fingerprint density at radius 3 is 2.96 bits per heavy atom. The SMILES string of the molecule is CSc1ccccc1C(=O)N1CCCC[C@@H]1CCn1cccn1. The second kappa shape index (κ2) is 7.68. The van der Waals surface area contributed by atoms with Crippen LogP contribution in [0, 0.1) is 0 Å². The number of likely N-dealkylation sites (tertiary alicyclic amines) is 1. The molecule has 1 aromatic heterocycles. The highest BCUT2D eigenvalue weighted by Gasteiger charge is 2.28. The predicted octanol–water partition coefficient (Wildman–Crippen LogP) is 3.69. The van der Waals surface area contributed by atoms with Crippen molar-refractivity contribution in [2.75, 3.05) is 12.8 Å². The summed E-state index contributed by atoms with van der Waals surface area (Å²) in [5, 5.41) is 4.27. The van der Waals surface area contributed by atoms with Crippen LogP contribution in [-0.4, -0.2) is 39.4 Å². The van der Waals surface area contributed by atoms with Gasteiger partial charge in [-0.25, -0.2) is 0 Å². The van der Waals surface area contributed by atoms with Crippen molar-refractivity contribution in [3.8, 4) is 0 Å². The summed E-state index contributed by atoms with van der Waals surface area (Å²) >= 11 is 1.64. The zero-order valence-electron chi connectivity index (χ0n) is 13.5. The monoisotopic (exact) mass is 329 g/mol. The summed E-state index contributed by atoms with van der Waals surface area (Å²) in [5.74, 6) is 0.181. The smallest absolute Gasteiger partial charge is 0.255 e. The number of piperidine rings is 1. The average Bonchev–Trinajstić information content (AvgIpc) is 3.13. The fourth-order valence-electron chi connectivity index (χ4n) is 3.26. The van der Waals surface area contributed by atoms with Gasteiger partial charge in [0.15, 0.2) is 0 Å². The van der Waals surface area contributed by atoms with E-state index in [1.54, 1.807) is 18.0 Å². The molecule has 122 valence electrons. The summed E-state index contributed by atoms with van der Waals surface area (Å²) in [7, 11) is 0. The Kier molecular flexibility index (Phi) is 5.39. The Morgan fingerprint density at radius 1 is 1.30 bits per heavy atom. The number of amides is 1. The number of nitrogens with zero attached hydrogens (tertiary/aromatic N) is 3. The predicted molar refractivity (Wildman–Crippen MR) is 93.7 cm³/mol. The van der Waals surface area contributed by atoms with E-state index in [9.17, 15) is 4.79 Å². The van der Waals surface area contributed by atoms with Gasteiger partial charge in [0.2, 0.25) is 0 Å². The van der Waals surface area contributed by atoms with E-state index in [0.29, 0.717) is 6.04 Å². The van der Waals surface area contributed by atoms with Gasteiger partial charge in [-0.3, -0.25) is 9.48 Å². The molecule has 0 bridgehead atoms. The maximum absolute atomic E-state index is 13.0. The summed E-state index contributed by atoms with van der Waals surface area (Å²) in [5.41, 5.74) is 0.839. The summed E-state index contributed by atoms with van der Waals surface area (Å²) in [6, 6.07) is 10.2. The largest absolute Gasteiger partial charge is 0.336 e. The molecule has 1 aromatic carbocycles. The lowest BCUT2D eigenvalue weighted by atomic mass is 9.98. The van der Waals surface area contributed by atoms with Crippen molar-refractivity contribution in [2.45, 2.75) is 43.2 Å². The van der Waals surface area contributed by atoms with Gasteiger partial charge in [0.25, 0.3) is 5.91 Å². The lowest BCUT2D eigenvalue weighted by Gasteiger charge is -2.36. The lowest BCUT2D eigenvalue weighted by molar-refractivity contribution is 0.0590. The molecule has 0 unspecified atom stereocenters. The average molecular weight is 329 g/mol. The number of aromatic nitrogens is 2. The van der Waals surface area contributed by atoms with Gasteiger partial charge in [-0.2, -0.15) is 5.10 Å². The molecule has 0 saturated carbocycles. The Bertz CT molecular complexity index is 641. The van der Waals surface area contributed by atoms with Gasteiger partial charge in [-0.15, -0.1) is 11.8 Å². The first-order chi connectivity index (χ1) is 11.3. The highest BCUT2D eigenvalue weighted by atomic mass is 32.2. The van der Waals surface area contributed by atoms with Crippen molar-refractivity contribution in [3.05, 3.63) is 48.3 Å². The zero-order valence-corrected chi connectivity index (χ0v) is 14.3. The van der Waals surface area contributed by atoms with E-state index in [2.05, 4.69) is 10.00 Å². The van der Waals surface area contributed by atoms with Crippen LogP contribution in [0.3, 0.4) is 0 Å². The Hall–Kier alpha value is -1.75. The van der Waals surface area contributed by atoms with E-state index < -0.39 is 0 Å². The second-order valence-corrected chi connectivity index (χ2v) is 6.75. The summed E-state index contributed by atoms with van der Waals surface area (Å²) in [6.07, 6.45) is 10.2. The third kappa shape index (κ3) is 3.78. The summed E-state index contributed by atoms with van der Waals surface area (Å²) in [6.45, 7) is 1.73. The van der Waals surface area contributed by atoms with Crippen LogP contribution < -0.4 is 0 Å². The molecular formula is C18H23N3OS. The minimum Gasteiger partial charge on any atom is -0.336 e. The van der Waals surface area contributed by atoms with Crippen LogP contribution in [0.2, 0.25) is 0 Å². The second-order valence-electron chi connectivity index (χ2n) is 5.91. The van der Waals surface area contributed by atoms with Crippen LogP contribution in [0.1, 0.15) is 36.0 Å². The Balaban J connectivity index is 1.73. The number of thioether (sulfide) groups is 1. The van der Waals surface area contributed by atoms with Crippen LogP contribution in [0.4, 0.5) is 0 Å². The number of aryl methyl sites for hydroxylation is 1. The van der Waals surface area contributed by atoms with E-state index in [0.717, 1.165) is 42.8 Å². The van der Waals surface area contributed by atoms with Gasteiger partial charge in [-0.05, 0) is 50.1 Å². The molecular weight excluding hydrogens is 306 g/mol. The van der Waals surface area contributed by atoms with Crippen molar-refractivity contribution in [1.82, 2.24) is 14.7 Å². The molecule has 0 aliphatic carbocycles. The van der Waals surface area contributed by atoms with Gasteiger partial charge in [0.1, 0.15) is 0 Å². The highest BCUT2D eigenvalue weighted by molar-refractivity contribution is 7.98. The quantitative estimate of drug-likeness (QED) is 0.785. The molecule has 0 radical (unpaired) electrons. The van der Waals surface area contributed by atoms with Crippen molar-refractivity contribution < 1.29 is 4.79 Å². The van der Waals surface area contributed by atoms with E-state index in [1.807, 2.05) is 47.5 Å². The third-order valence-electron chi connectivity index (χ3n) is 4.48. The third-order valence-corrected chi connectivity index (χ3v) is 5.27. The molecule has 1 aliphatic rings. The minimum atomic E-state index is 0.181. The topological polar surface area (TPSA) is 38.1 Å². The van der Waals surface area contributed by atoms with Crippen molar-refractivity contribution >= 4 is 17.7 Å². The molecule has 1 atom stereocenters. The number of benzene rings is 1. The van der Waals surface area contributed by atoms with E-state index in [4.69, 9.17) is 0 Å². The van der Waals surface area contributed by atoms with Crippen LogP contribution in [0.5, 0.6) is 0 Å². The number of hydrogen-bond donors (Lipinski definition) is 0. The Morgan fingerprint density at radius 2 is 2.17 bits per heavy atom. The zero-order chi connectivity index (χ0) is 16.1. The fourth-order valence-corrected chi connectivity index (χ4v) is 3.85. The number of carbonyl (C=O) groups excluding carboxylic acids is 1. The molecule has 4 nitrogen and oxygen atoms in total. The highest BCUT2D eigenvalue weighted by Crippen LogP contribution is 2.26. The van der Waals surface area contributed by atoms with Gasteiger partial charge < -0.3 is 4.90 Å².